The van der Waals surface area contributed by atoms with Crippen LogP contribution in [0.4, 0.5) is 11.5 Å². The fourth-order valence-electron chi connectivity index (χ4n) is 3.46. The molecule has 27 heavy (non-hydrogen) atoms. The van der Waals surface area contributed by atoms with Crippen LogP contribution in [0.1, 0.15) is 12.5 Å². The second kappa shape index (κ2) is 7.20. The Kier molecular flexibility index (Phi) is 4.90. The van der Waals surface area contributed by atoms with E-state index in [2.05, 4.69) is 10.2 Å². The van der Waals surface area contributed by atoms with Gasteiger partial charge in [-0.1, -0.05) is 29.8 Å². The molecule has 3 N–H and O–H groups in total. The molecule has 3 aromatic rings. The molecule has 0 bridgehead atoms. The van der Waals surface area contributed by atoms with Crippen molar-refractivity contribution in [1.29, 1.82) is 0 Å². The van der Waals surface area contributed by atoms with Crippen molar-refractivity contribution in [1.82, 2.24) is 4.98 Å². The van der Waals surface area contributed by atoms with E-state index >= 15 is 0 Å². The van der Waals surface area contributed by atoms with Crippen molar-refractivity contribution < 1.29 is 9.11 Å². The standard InChI is InChI=1S/C20H22ClN3O2S/c1-2-22-18-12-20(23-17-8-7-15(21)11-16(17)18)24-9-10-27(25,26)19-6-4-3-5-14(19)13-24/h3-8,11-12,25-26H,2,9-10,13H2,1H3,(H,22,23). The number of halogens is 1. The van der Waals surface area contributed by atoms with E-state index in [1.807, 2.05) is 55.5 Å². The summed E-state index contributed by atoms with van der Waals surface area (Å²) in [5.74, 6) is 1.11. The third-order valence-corrected chi connectivity index (χ3v) is 6.87. The first-order chi connectivity index (χ1) is 13.0. The molecule has 0 fully saturated rings. The average molecular weight is 404 g/mol. The van der Waals surface area contributed by atoms with Crippen molar-refractivity contribution >= 4 is 44.6 Å². The normalized spacial score (nSPS) is 17.3. The van der Waals surface area contributed by atoms with Crippen LogP contribution in [0.25, 0.3) is 10.9 Å². The van der Waals surface area contributed by atoms with Gasteiger partial charge in [-0.2, -0.15) is 10.6 Å². The quantitative estimate of drug-likeness (QED) is 0.542. The molecule has 1 aromatic heterocycles. The maximum atomic E-state index is 10.6. The molecule has 142 valence electrons. The first-order valence-electron chi connectivity index (χ1n) is 8.91. The lowest BCUT2D eigenvalue weighted by atomic mass is 10.1. The Balaban J connectivity index is 1.79. The highest BCUT2D eigenvalue weighted by Crippen LogP contribution is 2.51. The van der Waals surface area contributed by atoms with Gasteiger partial charge in [0.2, 0.25) is 0 Å². The Hall–Kier alpha value is -1.99. The van der Waals surface area contributed by atoms with Gasteiger partial charge in [-0.05, 0) is 36.8 Å². The third kappa shape index (κ3) is 3.58. The number of hydrogen-bond acceptors (Lipinski definition) is 5. The molecule has 0 amide bonds. The van der Waals surface area contributed by atoms with Gasteiger partial charge in [-0.3, -0.25) is 9.11 Å². The maximum Gasteiger partial charge on any atom is 0.131 e. The molecule has 4 rings (SSSR count). The molecule has 5 nitrogen and oxygen atoms in total. The topological polar surface area (TPSA) is 68.6 Å². The SMILES string of the molecule is CCNc1cc(N2CCS(O)(O)c3ccccc3C2)nc2ccc(Cl)cc12. The summed E-state index contributed by atoms with van der Waals surface area (Å²) >= 11 is 6.17. The highest BCUT2D eigenvalue weighted by atomic mass is 35.5. The number of anilines is 2. The van der Waals surface area contributed by atoms with Crippen molar-refractivity contribution in [3.05, 3.63) is 59.1 Å². The number of pyridine rings is 1. The minimum atomic E-state index is -2.79. The summed E-state index contributed by atoms with van der Waals surface area (Å²) in [7, 11) is -2.79. The number of nitrogens with zero attached hydrogens (tertiary/aromatic N) is 2. The van der Waals surface area contributed by atoms with Gasteiger partial charge in [-0.25, -0.2) is 4.98 Å². The van der Waals surface area contributed by atoms with Crippen molar-refractivity contribution in [2.75, 3.05) is 29.1 Å². The lowest BCUT2D eigenvalue weighted by molar-refractivity contribution is 0.488. The zero-order valence-electron chi connectivity index (χ0n) is 15.0. The summed E-state index contributed by atoms with van der Waals surface area (Å²) in [5, 5.41) is 5.04. The van der Waals surface area contributed by atoms with Crippen molar-refractivity contribution in [2.24, 2.45) is 0 Å². The van der Waals surface area contributed by atoms with Crippen molar-refractivity contribution in [3.8, 4) is 0 Å². The van der Waals surface area contributed by atoms with Gasteiger partial charge in [0.25, 0.3) is 0 Å². The molecule has 0 radical (unpaired) electrons. The minimum absolute atomic E-state index is 0.293. The van der Waals surface area contributed by atoms with E-state index in [0.29, 0.717) is 28.8 Å². The van der Waals surface area contributed by atoms with Gasteiger partial charge in [0.05, 0.1) is 16.2 Å². The molecule has 0 aliphatic carbocycles. The number of benzene rings is 2. The van der Waals surface area contributed by atoms with E-state index in [-0.39, 0.29) is 0 Å². The summed E-state index contributed by atoms with van der Waals surface area (Å²) in [4.78, 5) is 7.57. The number of fused-ring (bicyclic) bond motifs is 2. The zero-order valence-corrected chi connectivity index (χ0v) is 16.6. The van der Waals surface area contributed by atoms with Crippen LogP contribution in [0.5, 0.6) is 0 Å². The maximum absolute atomic E-state index is 10.6. The van der Waals surface area contributed by atoms with Gasteiger partial charge >= 0.3 is 0 Å². The summed E-state index contributed by atoms with van der Waals surface area (Å²) in [5.41, 5.74) is 2.76. The van der Waals surface area contributed by atoms with E-state index in [1.165, 1.54) is 0 Å². The Bertz CT molecular complexity index is 996. The molecular formula is C20H22ClN3O2S. The highest BCUT2D eigenvalue weighted by molar-refractivity contribution is 8.24. The minimum Gasteiger partial charge on any atom is -0.385 e. The smallest absolute Gasteiger partial charge is 0.131 e. The van der Waals surface area contributed by atoms with E-state index in [9.17, 15) is 9.11 Å². The van der Waals surface area contributed by atoms with E-state index in [0.717, 1.165) is 34.5 Å². The number of hydrogen-bond donors (Lipinski definition) is 3. The Labute approximate surface area is 165 Å². The van der Waals surface area contributed by atoms with Crippen LogP contribution in [-0.4, -0.2) is 32.9 Å². The number of aromatic nitrogens is 1. The first-order valence-corrected chi connectivity index (χ1v) is 11.0. The average Bonchev–Trinajstić information content (AvgIpc) is 2.79. The van der Waals surface area contributed by atoms with Crippen LogP contribution >= 0.6 is 22.2 Å². The first kappa shape index (κ1) is 18.4. The lowest BCUT2D eigenvalue weighted by Crippen LogP contribution is -2.26. The molecule has 1 aliphatic rings. The van der Waals surface area contributed by atoms with Crippen LogP contribution in [0.3, 0.4) is 0 Å². The predicted octanol–water partition coefficient (Wildman–Crippen LogP) is 5.45. The van der Waals surface area contributed by atoms with Crippen LogP contribution in [-0.2, 0) is 6.54 Å². The van der Waals surface area contributed by atoms with E-state index in [1.54, 1.807) is 0 Å². The summed E-state index contributed by atoms with van der Waals surface area (Å²) in [6.07, 6.45) is 0. The number of rotatable bonds is 3. The van der Waals surface area contributed by atoms with Gasteiger partial charge in [0.15, 0.2) is 0 Å². The Morgan fingerprint density at radius 1 is 1.19 bits per heavy atom. The highest BCUT2D eigenvalue weighted by Gasteiger charge is 2.26. The molecule has 0 spiro atoms. The molecule has 7 heteroatoms. The Morgan fingerprint density at radius 3 is 2.81 bits per heavy atom. The summed E-state index contributed by atoms with van der Waals surface area (Å²) in [6.45, 7) is 3.95. The Morgan fingerprint density at radius 2 is 2.00 bits per heavy atom. The predicted molar refractivity (Wildman–Crippen MR) is 114 cm³/mol. The van der Waals surface area contributed by atoms with Gasteiger partial charge < -0.3 is 10.2 Å². The van der Waals surface area contributed by atoms with Gasteiger partial charge in [0.1, 0.15) is 5.82 Å². The molecule has 2 heterocycles. The molecule has 0 saturated carbocycles. The summed E-state index contributed by atoms with van der Waals surface area (Å²) < 4.78 is 21.2. The van der Waals surface area contributed by atoms with Gasteiger partial charge in [0, 0.05) is 41.8 Å². The van der Waals surface area contributed by atoms with Crippen LogP contribution in [0.15, 0.2) is 53.4 Å². The molecule has 0 atom stereocenters. The third-order valence-electron chi connectivity index (χ3n) is 4.78. The monoisotopic (exact) mass is 403 g/mol. The van der Waals surface area contributed by atoms with E-state index in [4.69, 9.17) is 16.6 Å². The number of nitrogens with one attached hydrogen (secondary N) is 1. The summed E-state index contributed by atoms with van der Waals surface area (Å²) in [6, 6.07) is 15.2. The van der Waals surface area contributed by atoms with Crippen LogP contribution < -0.4 is 10.2 Å². The largest absolute Gasteiger partial charge is 0.385 e. The van der Waals surface area contributed by atoms with Crippen molar-refractivity contribution in [2.45, 2.75) is 18.4 Å². The van der Waals surface area contributed by atoms with E-state index < -0.39 is 10.6 Å². The molecule has 0 unspecified atom stereocenters. The fraction of sp³-hybridized carbons (Fsp3) is 0.250. The second-order valence-electron chi connectivity index (χ2n) is 6.62. The molecular weight excluding hydrogens is 382 g/mol. The van der Waals surface area contributed by atoms with Crippen LogP contribution in [0, 0.1) is 0 Å². The second-order valence-corrected chi connectivity index (χ2v) is 9.24. The van der Waals surface area contributed by atoms with Crippen molar-refractivity contribution in [3.63, 3.8) is 0 Å². The van der Waals surface area contributed by atoms with Crippen LogP contribution in [0.2, 0.25) is 5.02 Å². The van der Waals surface area contributed by atoms with Gasteiger partial charge in [-0.15, -0.1) is 0 Å². The fourth-order valence-corrected chi connectivity index (χ4v) is 5.18. The molecule has 0 saturated heterocycles. The lowest BCUT2D eigenvalue weighted by Gasteiger charge is -2.32. The molecule has 1 aliphatic heterocycles. The molecule has 2 aromatic carbocycles. The zero-order chi connectivity index (χ0) is 19.0.